The average molecular weight is 285 g/mol. The predicted molar refractivity (Wildman–Crippen MR) is 78.3 cm³/mol. The van der Waals surface area contributed by atoms with Crippen molar-refractivity contribution in [1.82, 2.24) is 9.97 Å². The molecule has 3 nitrogen and oxygen atoms in total. The second-order valence-corrected chi connectivity index (χ2v) is 4.66. The van der Waals surface area contributed by atoms with E-state index in [9.17, 15) is 8.78 Å². The Labute approximate surface area is 120 Å². The summed E-state index contributed by atoms with van der Waals surface area (Å²) in [5.74, 6) is 0. The van der Waals surface area contributed by atoms with Crippen LogP contribution in [0.15, 0.2) is 54.9 Å². The van der Waals surface area contributed by atoms with Crippen LogP contribution >= 0.6 is 0 Å². The van der Waals surface area contributed by atoms with Gasteiger partial charge in [0.2, 0.25) is 0 Å². The third kappa shape index (κ3) is 3.13. The summed E-state index contributed by atoms with van der Waals surface area (Å²) in [6, 6.07) is 12.0. The van der Waals surface area contributed by atoms with Crippen LogP contribution in [0.5, 0.6) is 0 Å². The first-order valence-corrected chi connectivity index (χ1v) is 6.54. The first-order valence-electron chi connectivity index (χ1n) is 6.54. The number of halogens is 2. The maximum atomic E-state index is 12.5. The fourth-order valence-corrected chi connectivity index (χ4v) is 2.06. The molecule has 0 spiro atoms. The summed E-state index contributed by atoms with van der Waals surface area (Å²) < 4.78 is 24.9. The minimum absolute atomic E-state index is 0.0414. The van der Waals surface area contributed by atoms with Crippen LogP contribution in [0.1, 0.15) is 17.6 Å². The first kappa shape index (κ1) is 13.4. The maximum absolute atomic E-state index is 12.5. The van der Waals surface area contributed by atoms with Gasteiger partial charge in [0.15, 0.2) is 0 Å². The molecule has 0 saturated heterocycles. The molecule has 0 bridgehead atoms. The second kappa shape index (κ2) is 5.83. The number of hydrogen-bond acceptors (Lipinski definition) is 3. The maximum Gasteiger partial charge on any atom is 0.263 e. The number of benzene rings is 2. The zero-order valence-electron chi connectivity index (χ0n) is 11.1. The summed E-state index contributed by atoms with van der Waals surface area (Å²) in [4.78, 5) is 8.45. The highest BCUT2D eigenvalue weighted by Crippen LogP contribution is 2.20. The number of anilines is 1. The van der Waals surface area contributed by atoms with Crippen molar-refractivity contribution < 1.29 is 8.78 Å². The summed E-state index contributed by atoms with van der Waals surface area (Å²) in [6.07, 6.45) is 0.876. The molecule has 0 aliphatic heterocycles. The molecule has 5 heteroatoms. The predicted octanol–water partition coefficient (Wildman–Crippen LogP) is 4.18. The van der Waals surface area contributed by atoms with Crippen molar-refractivity contribution in [1.29, 1.82) is 0 Å². The number of nitrogens with zero attached hydrogens (tertiary/aromatic N) is 2. The van der Waals surface area contributed by atoms with Gasteiger partial charge in [-0.1, -0.05) is 24.3 Å². The average Bonchev–Trinajstić information content (AvgIpc) is 2.53. The van der Waals surface area contributed by atoms with Gasteiger partial charge in [0.1, 0.15) is 0 Å². The quantitative estimate of drug-likeness (QED) is 0.781. The van der Waals surface area contributed by atoms with Crippen LogP contribution in [0, 0.1) is 0 Å². The van der Waals surface area contributed by atoms with Crippen LogP contribution in [0.2, 0.25) is 0 Å². The van der Waals surface area contributed by atoms with E-state index >= 15 is 0 Å². The molecule has 0 amide bonds. The van der Waals surface area contributed by atoms with Crippen molar-refractivity contribution >= 4 is 16.7 Å². The van der Waals surface area contributed by atoms with Gasteiger partial charge in [0.25, 0.3) is 6.43 Å². The molecule has 0 unspecified atom stereocenters. The van der Waals surface area contributed by atoms with E-state index in [-0.39, 0.29) is 5.56 Å². The normalized spacial score (nSPS) is 11.0. The van der Waals surface area contributed by atoms with Crippen LogP contribution in [0.4, 0.5) is 14.5 Å². The zero-order chi connectivity index (χ0) is 14.7. The molecule has 1 heterocycles. The standard InChI is InChI=1S/C16H13F2N3/c17-16(18)12-3-1-11(2-4-12)10-21-13-5-6-14-15(9-13)20-8-7-19-14/h1-9,16,21H,10H2. The van der Waals surface area contributed by atoms with E-state index in [2.05, 4.69) is 15.3 Å². The van der Waals surface area contributed by atoms with E-state index in [4.69, 9.17) is 0 Å². The smallest absolute Gasteiger partial charge is 0.263 e. The van der Waals surface area contributed by atoms with Crippen LogP contribution < -0.4 is 5.32 Å². The van der Waals surface area contributed by atoms with Gasteiger partial charge < -0.3 is 5.32 Å². The summed E-state index contributed by atoms with van der Waals surface area (Å²) >= 11 is 0. The Bertz CT molecular complexity index is 742. The van der Waals surface area contributed by atoms with Gasteiger partial charge in [0.05, 0.1) is 11.0 Å². The minimum Gasteiger partial charge on any atom is -0.381 e. The lowest BCUT2D eigenvalue weighted by molar-refractivity contribution is 0.151. The fourth-order valence-electron chi connectivity index (χ4n) is 2.06. The molecule has 3 rings (SSSR count). The summed E-state index contributed by atoms with van der Waals surface area (Å²) in [5, 5.41) is 3.25. The van der Waals surface area contributed by atoms with Crippen molar-refractivity contribution in [2.45, 2.75) is 13.0 Å². The van der Waals surface area contributed by atoms with Gasteiger partial charge >= 0.3 is 0 Å². The molecule has 0 radical (unpaired) electrons. The largest absolute Gasteiger partial charge is 0.381 e. The van der Waals surface area contributed by atoms with Gasteiger partial charge in [-0.3, -0.25) is 9.97 Å². The molecule has 106 valence electrons. The zero-order valence-corrected chi connectivity index (χ0v) is 11.1. The number of nitrogens with one attached hydrogen (secondary N) is 1. The van der Waals surface area contributed by atoms with E-state index in [1.807, 2.05) is 18.2 Å². The van der Waals surface area contributed by atoms with E-state index in [0.717, 1.165) is 22.3 Å². The van der Waals surface area contributed by atoms with E-state index in [1.165, 1.54) is 12.1 Å². The monoisotopic (exact) mass is 285 g/mol. The van der Waals surface area contributed by atoms with Crippen molar-refractivity contribution in [2.75, 3.05) is 5.32 Å². The molecule has 0 fully saturated rings. The molecule has 21 heavy (non-hydrogen) atoms. The molecule has 0 aliphatic rings. The Hall–Kier alpha value is -2.56. The first-order chi connectivity index (χ1) is 10.2. The van der Waals surface area contributed by atoms with E-state index < -0.39 is 6.43 Å². The third-order valence-electron chi connectivity index (χ3n) is 3.20. The minimum atomic E-state index is -2.42. The lowest BCUT2D eigenvalue weighted by Crippen LogP contribution is -1.99. The Morgan fingerprint density at radius 2 is 1.62 bits per heavy atom. The Morgan fingerprint density at radius 3 is 2.33 bits per heavy atom. The second-order valence-electron chi connectivity index (χ2n) is 4.66. The van der Waals surface area contributed by atoms with Crippen LogP contribution in [-0.2, 0) is 6.54 Å². The molecule has 1 N–H and O–H groups in total. The molecular weight excluding hydrogens is 272 g/mol. The van der Waals surface area contributed by atoms with E-state index in [1.54, 1.807) is 24.5 Å². The van der Waals surface area contributed by atoms with Crippen molar-refractivity contribution in [3.8, 4) is 0 Å². The van der Waals surface area contributed by atoms with Crippen LogP contribution in [0.3, 0.4) is 0 Å². The van der Waals surface area contributed by atoms with Gasteiger partial charge in [-0.2, -0.15) is 0 Å². The highest BCUT2D eigenvalue weighted by Gasteiger charge is 2.05. The summed E-state index contributed by atoms with van der Waals surface area (Å²) in [7, 11) is 0. The van der Waals surface area contributed by atoms with Gasteiger partial charge in [-0.05, 0) is 23.8 Å². The molecular formula is C16H13F2N3. The summed E-state index contributed by atoms with van der Waals surface area (Å²) in [6.45, 7) is 0.565. The highest BCUT2D eigenvalue weighted by molar-refractivity contribution is 5.78. The molecule has 1 aromatic heterocycles. The van der Waals surface area contributed by atoms with Crippen LogP contribution in [-0.4, -0.2) is 9.97 Å². The topological polar surface area (TPSA) is 37.8 Å². The van der Waals surface area contributed by atoms with Crippen molar-refractivity contribution in [2.24, 2.45) is 0 Å². The molecule has 2 aromatic carbocycles. The SMILES string of the molecule is FC(F)c1ccc(CNc2ccc3nccnc3c2)cc1. The lowest BCUT2D eigenvalue weighted by Gasteiger charge is -2.08. The summed E-state index contributed by atoms with van der Waals surface area (Å²) in [5.41, 5.74) is 3.55. The molecule has 3 aromatic rings. The lowest BCUT2D eigenvalue weighted by atomic mass is 10.1. The molecule has 0 aliphatic carbocycles. The highest BCUT2D eigenvalue weighted by atomic mass is 19.3. The van der Waals surface area contributed by atoms with Gasteiger partial charge in [-0.25, -0.2) is 8.78 Å². The van der Waals surface area contributed by atoms with E-state index in [0.29, 0.717) is 6.54 Å². The van der Waals surface area contributed by atoms with Crippen molar-refractivity contribution in [3.05, 3.63) is 66.0 Å². The third-order valence-corrected chi connectivity index (χ3v) is 3.20. The Balaban J connectivity index is 1.71. The van der Waals surface area contributed by atoms with Gasteiger partial charge in [0, 0.05) is 30.2 Å². The number of fused-ring (bicyclic) bond motifs is 1. The number of aromatic nitrogens is 2. The van der Waals surface area contributed by atoms with Crippen molar-refractivity contribution in [3.63, 3.8) is 0 Å². The number of hydrogen-bond donors (Lipinski definition) is 1. The molecule has 0 saturated carbocycles. The van der Waals surface area contributed by atoms with Gasteiger partial charge in [-0.15, -0.1) is 0 Å². The Kier molecular flexibility index (Phi) is 3.73. The Morgan fingerprint density at radius 1 is 0.905 bits per heavy atom. The number of rotatable bonds is 4. The molecule has 0 atom stereocenters. The number of alkyl halides is 2. The van der Waals surface area contributed by atoms with Crippen LogP contribution in [0.25, 0.3) is 11.0 Å². The fraction of sp³-hybridized carbons (Fsp3) is 0.125.